The molecule has 0 heterocycles. The van der Waals surface area contributed by atoms with Crippen LogP contribution >= 0.6 is 0 Å². The summed E-state index contributed by atoms with van der Waals surface area (Å²) in [7, 11) is 0. The summed E-state index contributed by atoms with van der Waals surface area (Å²) in [6.45, 7) is 14.2. The van der Waals surface area contributed by atoms with E-state index in [1.54, 1.807) is 5.57 Å². The molecule has 19 heavy (non-hydrogen) atoms. The van der Waals surface area contributed by atoms with Gasteiger partial charge in [-0.05, 0) is 11.8 Å². The summed E-state index contributed by atoms with van der Waals surface area (Å²) in [5.74, 6) is 3.70. The van der Waals surface area contributed by atoms with Gasteiger partial charge in [0.05, 0.1) is 0 Å². The maximum Gasteiger partial charge on any atom is 4.00 e. The third-order valence-corrected chi connectivity index (χ3v) is 5.11. The van der Waals surface area contributed by atoms with Crippen LogP contribution in [0.3, 0.4) is 0 Å². The predicted molar refractivity (Wildman–Crippen MR) is 84.5 cm³/mol. The molecule has 2 rings (SSSR count). The standard InChI is InChI=1S/C15H23.3CH3.Ti/c1-8-7-14-12(5)10(3)11(4)13(6)15(14)9(8)2;;;;/h9-13H,1-6H3;3*1H3;/q4*-1;+4. The van der Waals surface area contributed by atoms with Gasteiger partial charge in [0.15, 0.2) is 0 Å². The maximum absolute atomic E-state index is 3.63. The molecule has 0 amide bonds. The van der Waals surface area contributed by atoms with E-state index >= 15 is 0 Å². The molecular formula is C18H32Ti. The molecule has 0 aliphatic heterocycles. The van der Waals surface area contributed by atoms with Crippen molar-refractivity contribution in [3.63, 3.8) is 0 Å². The Balaban J connectivity index is -0.000000640. The summed E-state index contributed by atoms with van der Waals surface area (Å²) in [4.78, 5) is 0. The van der Waals surface area contributed by atoms with E-state index in [4.69, 9.17) is 0 Å². The fourth-order valence-corrected chi connectivity index (χ4v) is 3.33. The van der Waals surface area contributed by atoms with E-state index < -0.39 is 0 Å². The van der Waals surface area contributed by atoms with Gasteiger partial charge in [-0.2, -0.15) is 5.57 Å². The number of hydrogen-bond acceptors (Lipinski definition) is 0. The molecule has 2 aliphatic carbocycles. The molecule has 0 aromatic carbocycles. The Kier molecular flexibility index (Phi) is 10.8. The van der Waals surface area contributed by atoms with Crippen molar-refractivity contribution in [2.45, 2.75) is 41.5 Å². The third kappa shape index (κ3) is 3.64. The Morgan fingerprint density at radius 1 is 0.789 bits per heavy atom. The van der Waals surface area contributed by atoms with Crippen molar-refractivity contribution in [1.82, 2.24) is 0 Å². The zero-order chi connectivity index (χ0) is 11.3. The van der Waals surface area contributed by atoms with Crippen LogP contribution in [0, 0.1) is 57.9 Å². The molecule has 0 fully saturated rings. The van der Waals surface area contributed by atoms with E-state index in [1.165, 1.54) is 11.1 Å². The Bertz CT molecular complexity index is 338. The molecule has 5 atom stereocenters. The molecule has 0 spiro atoms. The molecule has 2 aliphatic rings. The minimum absolute atomic E-state index is 0. The quantitative estimate of drug-likeness (QED) is 0.404. The van der Waals surface area contributed by atoms with E-state index in [0.717, 1.165) is 17.8 Å². The monoisotopic (exact) mass is 296 g/mol. The van der Waals surface area contributed by atoms with Crippen LogP contribution in [0.25, 0.3) is 0 Å². The third-order valence-electron chi connectivity index (χ3n) is 5.11. The molecule has 0 aromatic rings. The van der Waals surface area contributed by atoms with Gasteiger partial charge in [-0.25, -0.2) is 17.2 Å². The van der Waals surface area contributed by atoms with Crippen molar-refractivity contribution in [3.05, 3.63) is 45.1 Å². The van der Waals surface area contributed by atoms with Crippen LogP contribution in [0.15, 0.2) is 16.7 Å². The molecule has 1 heteroatoms. The molecule has 0 N–H and O–H groups in total. The summed E-state index contributed by atoms with van der Waals surface area (Å²) < 4.78 is 0. The fourth-order valence-electron chi connectivity index (χ4n) is 3.33. The Morgan fingerprint density at radius 2 is 1.21 bits per heavy atom. The van der Waals surface area contributed by atoms with Crippen LogP contribution in [0.5, 0.6) is 0 Å². The molecule has 0 nitrogen and oxygen atoms in total. The van der Waals surface area contributed by atoms with Crippen LogP contribution in [-0.4, -0.2) is 0 Å². The topological polar surface area (TPSA) is 0 Å². The van der Waals surface area contributed by atoms with Crippen LogP contribution in [0.1, 0.15) is 41.5 Å². The number of rotatable bonds is 0. The average Bonchev–Trinajstić information content (AvgIpc) is 2.50. The second-order valence-electron chi connectivity index (χ2n) is 5.69. The summed E-state index contributed by atoms with van der Waals surface area (Å²) in [6, 6.07) is 0. The van der Waals surface area contributed by atoms with Crippen molar-refractivity contribution in [2.24, 2.45) is 29.6 Å². The van der Waals surface area contributed by atoms with Gasteiger partial charge in [-0.3, -0.25) is 0 Å². The van der Waals surface area contributed by atoms with Gasteiger partial charge in [0.2, 0.25) is 0 Å². The minimum atomic E-state index is 0. The van der Waals surface area contributed by atoms with E-state index in [1.807, 2.05) is 0 Å². The fraction of sp³-hybridized carbons (Fsp3) is 0.611. The molecule has 5 unspecified atom stereocenters. The first-order chi connectivity index (χ1) is 6.95. The average molecular weight is 296 g/mol. The Morgan fingerprint density at radius 3 is 1.68 bits per heavy atom. The SMILES string of the molecule is CC1=[C-]C2=C(C1C)C(C)C(C)C(C)C2C.[CH3-].[CH3-].[CH3-].[Ti+4]. The molecule has 0 bridgehead atoms. The molecule has 0 aromatic heterocycles. The molecule has 108 valence electrons. The zero-order valence-corrected chi connectivity index (χ0v) is 15.9. The second kappa shape index (κ2) is 8.47. The molecule has 0 saturated heterocycles. The van der Waals surface area contributed by atoms with Gasteiger partial charge in [0, 0.05) is 0 Å². The smallest absolute Gasteiger partial charge is 0.358 e. The van der Waals surface area contributed by atoms with E-state index in [2.05, 4.69) is 47.6 Å². The summed E-state index contributed by atoms with van der Waals surface area (Å²) >= 11 is 0. The van der Waals surface area contributed by atoms with E-state index in [0.29, 0.717) is 11.8 Å². The van der Waals surface area contributed by atoms with Gasteiger partial charge >= 0.3 is 21.7 Å². The first-order valence-corrected chi connectivity index (χ1v) is 6.29. The summed E-state index contributed by atoms with van der Waals surface area (Å²) in [6.07, 6.45) is 3.63. The van der Waals surface area contributed by atoms with Crippen LogP contribution in [-0.2, 0) is 21.7 Å². The number of allylic oxidation sites excluding steroid dienone is 4. The van der Waals surface area contributed by atoms with Crippen LogP contribution < -0.4 is 0 Å². The van der Waals surface area contributed by atoms with Crippen molar-refractivity contribution < 1.29 is 21.7 Å². The zero-order valence-electron chi connectivity index (χ0n) is 14.4. The summed E-state index contributed by atoms with van der Waals surface area (Å²) in [5, 5.41) is 0. The summed E-state index contributed by atoms with van der Waals surface area (Å²) in [5.41, 5.74) is 4.67. The van der Waals surface area contributed by atoms with E-state index in [-0.39, 0.29) is 44.0 Å². The number of hydrogen-bond donors (Lipinski definition) is 0. The van der Waals surface area contributed by atoms with Crippen LogP contribution in [0.4, 0.5) is 0 Å². The first-order valence-electron chi connectivity index (χ1n) is 6.29. The largest absolute Gasteiger partial charge is 4.00 e. The van der Waals surface area contributed by atoms with Crippen molar-refractivity contribution >= 4 is 0 Å². The van der Waals surface area contributed by atoms with Gasteiger partial charge in [-0.15, -0.1) is 0 Å². The molecular weight excluding hydrogens is 264 g/mol. The predicted octanol–water partition coefficient (Wildman–Crippen LogP) is 5.59. The second-order valence-corrected chi connectivity index (χ2v) is 5.69. The van der Waals surface area contributed by atoms with Gasteiger partial charge in [-0.1, -0.05) is 59.3 Å². The van der Waals surface area contributed by atoms with E-state index in [9.17, 15) is 0 Å². The Labute approximate surface area is 138 Å². The minimum Gasteiger partial charge on any atom is -0.358 e. The normalized spacial score (nSPS) is 35.9. The van der Waals surface area contributed by atoms with Gasteiger partial charge < -0.3 is 22.3 Å². The first kappa shape index (κ1) is 24.2. The van der Waals surface area contributed by atoms with Gasteiger partial charge in [0.1, 0.15) is 0 Å². The van der Waals surface area contributed by atoms with Crippen molar-refractivity contribution in [2.75, 3.05) is 0 Å². The van der Waals surface area contributed by atoms with Crippen LogP contribution in [0.2, 0.25) is 0 Å². The molecule has 0 radical (unpaired) electrons. The maximum atomic E-state index is 3.63. The van der Waals surface area contributed by atoms with Crippen molar-refractivity contribution in [3.8, 4) is 0 Å². The van der Waals surface area contributed by atoms with Crippen molar-refractivity contribution in [1.29, 1.82) is 0 Å². The Hall–Kier alpha value is 0.194. The van der Waals surface area contributed by atoms with Gasteiger partial charge in [0.25, 0.3) is 0 Å². The molecule has 0 saturated carbocycles.